The van der Waals surface area contributed by atoms with E-state index in [2.05, 4.69) is 169 Å². The van der Waals surface area contributed by atoms with Crippen LogP contribution in [0, 0.1) is 0 Å². The van der Waals surface area contributed by atoms with Gasteiger partial charge in [-0.3, -0.25) is 0 Å². The smallest absolute Gasteiger partial charge is 0.137 e. The van der Waals surface area contributed by atoms with E-state index in [1.807, 2.05) is 34.8 Å². The summed E-state index contributed by atoms with van der Waals surface area (Å²) in [4.78, 5) is 2.42. The number of anilines is 3. The van der Waals surface area contributed by atoms with Crippen molar-refractivity contribution < 1.29 is 4.42 Å². The Morgan fingerprint density at radius 2 is 1.04 bits per heavy atom. The standard InChI is InChI=1S/C48H29NOS2/c1-2-12-30(13-3-1)35-19-9-20-38-39-21-10-22-41(48(39)52-47(35)38)49(33-26-27-37-36-16-4-6-23-42(36)50-43(37)29-33)32-15-8-14-31(28-32)34-18-11-25-45-46(34)40-17-5-7-24-44(40)51-45/h1-29H. The molecule has 11 aromatic rings. The van der Waals surface area contributed by atoms with E-state index in [1.165, 1.54) is 62.6 Å². The number of hydrogen-bond acceptors (Lipinski definition) is 4. The second-order valence-corrected chi connectivity index (χ2v) is 15.3. The molecule has 0 atom stereocenters. The summed E-state index contributed by atoms with van der Waals surface area (Å²) in [5.41, 5.74) is 10.0. The molecule has 0 N–H and O–H groups in total. The van der Waals surface area contributed by atoms with Crippen LogP contribution in [0.25, 0.3) is 84.5 Å². The molecule has 0 bridgehead atoms. The molecular weight excluding hydrogens is 671 g/mol. The van der Waals surface area contributed by atoms with Crippen molar-refractivity contribution in [2.45, 2.75) is 0 Å². The van der Waals surface area contributed by atoms with Gasteiger partial charge in [-0.1, -0.05) is 121 Å². The zero-order valence-corrected chi connectivity index (χ0v) is 29.5. The lowest BCUT2D eigenvalue weighted by Gasteiger charge is -2.26. The number of para-hydroxylation sites is 1. The molecule has 0 aliphatic rings. The monoisotopic (exact) mass is 699 g/mol. The summed E-state index contributed by atoms with van der Waals surface area (Å²) in [6, 6.07) is 63.6. The Morgan fingerprint density at radius 3 is 1.96 bits per heavy atom. The molecule has 0 saturated heterocycles. The maximum Gasteiger partial charge on any atom is 0.137 e. The highest BCUT2D eigenvalue weighted by atomic mass is 32.1. The number of fused-ring (bicyclic) bond motifs is 9. The number of nitrogens with zero attached hydrogens (tertiary/aromatic N) is 1. The molecule has 0 aliphatic carbocycles. The molecule has 244 valence electrons. The van der Waals surface area contributed by atoms with E-state index in [0.717, 1.165) is 39.0 Å². The molecule has 4 heteroatoms. The first kappa shape index (κ1) is 29.5. The van der Waals surface area contributed by atoms with Crippen molar-refractivity contribution in [1.82, 2.24) is 0 Å². The molecule has 0 saturated carbocycles. The third-order valence-corrected chi connectivity index (χ3v) is 12.7. The van der Waals surface area contributed by atoms with E-state index < -0.39 is 0 Å². The van der Waals surface area contributed by atoms with Gasteiger partial charge in [-0.25, -0.2) is 0 Å². The molecule has 3 heterocycles. The Kier molecular flexibility index (Phi) is 6.63. The van der Waals surface area contributed by atoms with Crippen LogP contribution < -0.4 is 4.90 Å². The van der Waals surface area contributed by atoms with Gasteiger partial charge in [-0.05, 0) is 70.8 Å². The van der Waals surface area contributed by atoms with Crippen LogP contribution >= 0.6 is 22.7 Å². The summed E-state index contributed by atoms with van der Waals surface area (Å²) >= 11 is 3.74. The lowest BCUT2D eigenvalue weighted by atomic mass is 9.98. The maximum absolute atomic E-state index is 6.47. The van der Waals surface area contributed by atoms with E-state index in [9.17, 15) is 0 Å². The molecular formula is C48H29NOS2. The predicted octanol–water partition coefficient (Wildman–Crippen LogP) is 15.1. The first-order chi connectivity index (χ1) is 25.8. The number of hydrogen-bond donors (Lipinski definition) is 0. The molecule has 2 nitrogen and oxygen atoms in total. The van der Waals surface area contributed by atoms with Crippen molar-refractivity contribution in [3.8, 4) is 22.3 Å². The molecule has 11 rings (SSSR count). The van der Waals surface area contributed by atoms with Gasteiger partial charge in [0.2, 0.25) is 0 Å². The van der Waals surface area contributed by atoms with Crippen LogP contribution in [0.2, 0.25) is 0 Å². The van der Waals surface area contributed by atoms with E-state index in [4.69, 9.17) is 4.42 Å². The van der Waals surface area contributed by atoms with Gasteiger partial charge in [0.25, 0.3) is 0 Å². The number of benzene rings is 8. The number of rotatable bonds is 5. The van der Waals surface area contributed by atoms with Gasteiger partial charge in [-0.15, -0.1) is 22.7 Å². The van der Waals surface area contributed by atoms with Crippen molar-refractivity contribution in [1.29, 1.82) is 0 Å². The van der Waals surface area contributed by atoms with Gasteiger partial charge in [0, 0.05) is 63.9 Å². The summed E-state index contributed by atoms with van der Waals surface area (Å²) in [6.45, 7) is 0. The Morgan fingerprint density at radius 1 is 0.385 bits per heavy atom. The first-order valence-electron chi connectivity index (χ1n) is 17.5. The largest absolute Gasteiger partial charge is 0.456 e. The van der Waals surface area contributed by atoms with E-state index in [-0.39, 0.29) is 0 Å². The van der Waals surface area contributed by atoms with E-state index in [0.29, 0.717) is 0 Å². The minimum atomic E-state index is 0.879. The van der Waals surface area contributed by atoms with Gasteiger partial charge in [0.05, 0.1) is 10.4 Å². The lowest BCUT2D eigenvalue weighted by Crippen LogP contribution is -2.10. The van der Waals surface area contributed by atoms with Gasteiger partial charge < -0.3 is 9.32 Å². The maximum atomic E-state index is 6.47. The second kappa shape index (κ2) is 11.7. The van der Waals surface area contributed by atoms with Crippen LogP contribution in [0.5, 0.6) is 0 Å². The van der Waals surface area contributed by atoms with Crippen molar-refractivity contribution in [3.63, 3.8) is 0 Å². The van der Waals surface area contributed by atoms with Crippen LogP contribution in [-0.2, 0) is 0 Å². The summed E-state index contributed by atoms with van der Waals surface area (Å²) < 4.78 is 11.6. The summed E-state index contributed by atoms with van der Waals surface area (Å²) in [5, 5.41) is 7.41. The van der Waals surface area contributed by atoms with Crippen LogP contribution in [-0.4, -0.2) is 0 Å². The average Bonchev–Trinajstić information content (AvgIpc) is 3.90. The van der Waals surface area contributed by atoms with Crippen LogP contribution in [0.15, 0.2) is 180 Å². The van der Waals surface area contributed by atoms with Gasteiger partial charge in [-0.2, -0.15) is 0 Å². The average molecular weight is 700 g/mol. The molecule has 0 radical (unpaired) electrons. The van der Waals surface area contributed by atoms with E-state index >= 15 is 0 Å². The SMILES string of the molecule is c1ccc(-c2cccc3c2sc2c(N(c4cccc(-c5cccc6sc7ccccc7c56)c4)c4ccc5c(c4)oc4ccccc45)cccc23)cc1. The van der Waals surface area contributed by atoms with Gasteiger partial charge >= 0.3 is 0 Å². The van der Waals surface area contributed by atoms with Crippen LogP contribution in [0.4, 0.5) is 17.1 Å². The Bertz CT molecular complexity index is 3150. The zero-order chi connectivity index (χ0) is 34.2. The Hall–Kier alpha value is -6.20. The van der Waals surface area contributed by atoms with Gasteiger partial charge in [0.1, 0.15) is 11.2 Å². The Labute approximate surface area is 308 Å². The third kappa shape index (κ3) is 4.55. The normalized spacial score (nSPS) is 11.8. The second-order valence-electron chi connectivity index (χ2n) is 13.2. The van der Waals surface area contributed by atoms with Crippen molar-refractivity contribution in [2.24, 2.45) is 0 Å². The highest BCUT2D eigenvalue weighted by molar-refractivity contribution is 7.27. The fourth-order valence-electron chi connectivity index (χ4n) is 7.94. The molecule has 8 aromatic carbocycles. The minimum Gasteiger partial charge on any atom is -0.456 e. The van der Waals surface area contributed by atoms with Crippen molar-refractivity contribution >= 4 is 102 Å². The molecule has 0 unspecified atom stereocenters. The molecule has 0 spiro atoms. The number of furan rings is 1. The summed E-state index contributed by atoms with van der Waals surface area (Å²) in [5.74, 6) is 0. The zero-order valence-electron chi connectivity index (χ0n) is 27.9. The molecule has 0 fully saturated rings. The lowest BCUT2D eigenvalue weighted by molar-refractivity contribution is 0.669. The summed E-state index contributed by atoms with van der Waals surface area (Å²) in [6.07, 6.45) is 0. The van der Waals surface area contributed by atoms with E-state index in [1.54, 1.807) is 0 Å². The topological polar surface area (TPSA) is 16.4 Å². The molecule has 0 aliphatic heterocycles. The predicted molar refractivity (Wildman–Crippen MR) is 225 cm³/mol. The molecule has 52 heavy (non-hydrogen) atoms. The molecule has 0 amide bonds. The summed E-state index contributed by atoms with van der Waals surface area (Å²) in [7, 11) is 0. The minimum absolute atomic E-state index is 0.879. The van der Waals surface area contributed by atoms with Crippen LogP contribution in [0.3, 0.4) is 0 Å². The Balaban J connectivity index is 1.16. The third-order valence-electron chi connectivity index (χ3n) is 10.3. The fraction of sp³-hybridized carbons (Fsp3) is 0. The van der Waals surface area contributed by atoms with Gasteiger partial charge in [0.15, 0.2) is 0 Å². The highest BCUT2D eigenvalue weighted by Gasteiger charge is 2.21. The first-order valence-corrected chi connectivity index (χ1v) is 19.1. The van der Waals surface area contributed by atoms with Crippen molar-refractivity contribution in [2.75, 3.05) is 4.90 Å². The number of thiophene rings is 2. The molecule has 3 aromatic heterocycles. The quantitative estimate of drug-likeness (QED) is 0.178. The van der Waals surface area contributed by atoms with Crippen molar-refractivity contribution in [3.05, 3.63) is 176 Å². The fourth-order valence-corrected chi connectivity index (χ4v) is 10.4. The van der Waals surface area contributed by atoms with Crippen LogP contribution in [0.1, 0.15) is 0 Å². The highest BCUT2D eigenvalue weighted by Crippen LogP contribution is 2.48.